The summed E-state index contributed by atoms with van der Waals surface area (Å²) in [6, 6.07) is 0.681. The Morgan fingerprint density at radius 3 is 3.06 bits per heavy atom. The molecule has 0 aromatic carbocycles. The van der Waals surface area contributed by atoms with Crippen LogP contribution in [0.5, 0.6) is 0 Å². The van der Waals surface area contributed by atoms with Gasteiger partial charge in [-0.3, -0.25) is 4.79 Å². The summed E-state index contributed by atoms with van der Waals surface area (Å²) in [6.45, 7) is 3.88. The normalized spacial score (nSPS) is 33.2. The molecule has 0 aliphatic carbocycles. The molecule has 1 amide bonds. The predicted molar refractivity (Wildman–Crippen MR) is 62.2 cm³/mol. The van der Waals surface area contributed by atoms with Crippen molar-refractivity contribution in [1.82, 2.24) is 10.6 Å². The Balaban J connectivity index is 1.80. The molecule has 2 rings (SSSR count). The summed E-state index contributed by atoms with van der Waals surface area (Å²) in [7, 11) is 0. The highest BCUT2D eigenvalue weighted by Gasteiger charge is 2.25. The molecule has 16 heavy (non-hydrogen) atoms. The van der Waals surface area contributed by atoms with Gasteiger partial charge in [0.15, 0.2) is 0 Å². The minimum Gasteiger partial charge on any atom is -0.377 e. The van der Waals surface area contributed by atoms with Gasteiger partial charge in [-0.25, -0.2) is 0 Å². The first-order valence-corrected chi connectivity index (χ1v) is 6.40. The van der Waals surface area contributed by atoms with Crippen LogP contribution in [0.1, 0.15) is 39.0 Å². The van der Waals surface area contributed by atoms with E-state index in [1.807, 2.05) is 0 Å². The molecule has 4 heteroatoms. The van der Waals surface area contributed by atoms with E-state index >= 15 is 0 Å². The Labute approximate surface area is 97.1 Å². The highest BCUT2D eigenvalue weighted by atomic mass is 16.5. The highest BCUT2D eigenvalue weighted by molar-refractivity contribution is 5.76. The lowest BCUT2D eigenvalue weighted by atomic mass is 10.0. The maximum absolute atomic E-state index is 11.4. The first-order valence-electron chi connectivity index (χ1n) is 6.40. The second kappa shape index (κ2) is 5.64. The summed E-state index contributed by atoms with van der Waals surface area (Å²) in [6.07, 6.45) is 5.41. The molecule has 2 saturated heterocycles. The van der Waals surface area contributed by atoms with Crippen LogP contribution in [0.2, 0.25) is 0 Å². The zero-order valence-electron chi connectivity index (χ0n) is 10.00. The van der Waals surface area contributed by atoms with Crippen LogP contribution in [0.4, 0.5) is 0 Å². The maximum Gasteiger partial charge on any atom is 0.221 e. The summed E-state index contributed by atoms with van der Waals surface area (Å²) in [5.74, 6) is 0.176. The van der Waals surface area contributed by atoms with Gasteiger partial charge in [0.2, 0.25) is 5.91 Å². The van der Waals surface area contributed by atoms with E-state index in [-0.39, 0.29) is 5.91 Å². The van der Waals surface area contributed by atoms with Crippen molar-refractivity contribution in [3.8, 4) is 0 Å². The van der Waals surface area contributed by atoms with Crippen LogP contribution < -0.4 is 10.6 Å². The lowest BCUT2D eigenvalue weighted by molar-refractivity contribution is -0.121. The van der Waals surface area contributed by atoms with Gasteiger partial charge in [0.05, 0.1) is 6.10 Å². The number of carbonyl (C=O) groups is 1. The van der Waals surface area contributed by atoms with Gasteiger partial charge in [0.1, 0.15) is 0 Å². The van der Waals surface area contributed by atoms with Crippen LogP contribution in [-0.2, 0) is 9.53 Å². The molecule has 0 bridgehead atoms. The molecule has 3 atom stereocenters. The molecular weight excluding hydrogens is 204 g/mol. The van der Waals surface area contributed by atoms with Crippen LogP contribution in [0, 0.1) is 0 Å². The number of ether oxygens (including phenoxy) is 1. The summed E-state index contributed by atoms with van der Waals surface area (Å²) in [5.41, 5.74) is 0. The number of rotatable bonds is 3. The third-order valence-electron chi connectivity index (χ3n) is 3.50. The average molecular weight is 226 g/mol. The summed E-state index contributed by atoms with van der Waals surface area (Å²) < 4.78 is 5.65. The molecule has 2 aliphatic rings. The number of hydrogen-bond acceptors (Lipinski definition) is 3. The first-order chi connectivity index (χ1) is 7.75. The van der Waals surface area contributed by atoms with E-state index < -0.39 is 0 Å². The molecule has 2 heterocycles. The van der Waals surface area contributed by atoms with Gasteiger partial charge >= 0.3 is 0 Å². The van der Waals surface area contributed by atoms with Crippen molar-refractivity contribution in [2.24, 2.45) is 0 Å². The van der Waals surface area contributed by atoms with Crippen molar-refractivity contribution in [2.75, 3.05) is 13.2 Å². The molecule has 0 saturated carbocycles. The smallest absolute Gasteiger partial charge is 0.221 e. The molecule has 2 N–H and O–H groups in total. The molecule has 4 nitrogen and oxygen atoms in total. The summed E-state index contributed by atoms with van der Waals surface area (Å²) in [4.78, 5) is 11.4. The molecule has 2 fully saturated rings. The molecule has 0 radical (unpaired) electrons. The Morgan fingerprint density at radius 2 is 2.31 bits per heavy atom. The molecule has 0 aromatic rings. The Morgan fingerprint density at radius 1 is 1.44 bits per heavy atom. The third-order valence-corrected chi connectivity index (χ3v) is 3.50. The SMILES string of the molecule is CC(NC1CCCNC(=O)C1)C1CCCO1. The molecule has 0 aromatic heterocycles. The average Bonchev–Trinajstić information content (AvgIpc) is 2.70. The number of carbonyl (C=O) groups excluding carboxylic acids is 1. The van der Waals surface area contributed by atoms with Gasteiger partial charge in [0, 0.05) is 31.7 Å². The van der Waals surface area contributed by atoms with Gasteiger partial charge in [-0.05, 0) is 32.6 Å². The van der Waals surface area contributed by atoms with Crippen molar-refractivity contribution < 1.29 is 9.53 Å². The molecular formula is C12H22N2O2. The Bertz CT molecular complexity index is 239. The van der Waals surface area contributed by atoms with Crippen molar-refractivity contribution in [2.45, 2.75) is 57.2 Å². The number of nitrogens with one attached hydrogen (secondary N) is 2. The second-order valence-electron chi connectivity index (χ2n) is 4.90. The lowest BCUT2D eigenvalue weighted by Gasteiger charge is -2.25. The van der Waals surface area contributed by atoms with Crippen molar-refractivity contribution in [3.63, 3.8) is 0 Å². The molecule has 92 valence electrons. The lowest BCUT2D eigenvalue weighted by Crippen LogP contribution is -2.44. The number of hydrogen-bond donors (Lipinski definition) is 2. The van der Waals surface area contributed by atoms with E-state index in [1.54, 1.807) is 0 Å². The van der Waals surface area contributed by atoms with E-state index in [1.165, 1.54) is 6.42 Å². The van der Waals surface area contributed by atoms with E-state index in [2.05, 4.69) is 17.6 Å². The van der Waals surface area contributed by atoms with Gasteiger partial charge in [-0.1, -0.05) is 0 Å². The van der Waals surface area contributed by atoms with E-state index in [0.717, 1.165) is 32.4 Å². The molecule has 0 spiro atoms. The fourth-order valence-corrected chi connectivity index (χ4v) is 2.59. The summed E-state index contributed by atoms with van der Waals surface area (Å²) >= 11 is 0. The van der Waals surface area contributed by atoms with Crippen molar-refractivity contribution >= 4 is 5.91 Å². The Kier molecular flexibility index (Phi) is 4.18. The van der Waals surface area contributed by atoms with Crippen LogP contribution >= 0.6 is 0 Å². The minimum absolute atomic E-state index is 0.176. The van der Waals surface area contributed by atoms with E-state index in [0.29, 0.717) is 24.6 Å². The quantitative estimate of drug-likeness (QED) is 0.749. The monoisotopic (exact) mass is 226 g/mol. The van der Waals surface area contributed by atoms with Crippen LogP contribution in [0.15, 0.2) is 0 Å². The van der Waals surface area contributed by atoms with E-state index in [4.69, 9.17) is 4.74 Å². The van der Waals surface area contributed by atoms with E-state index in [9.17, 15) is 4.79 Å². The first kappa shape index (κ1) is 11.9. The fraction of sp³-hybridized carbons (Fsp3) is 0.917. The standard InChI is InChI=1S/C12H22N2O2/c1-9(11-5-3-7-16-11)14-10-4-2-6-13-12(15)8-10/h9-11,14H,2-8H2,1H3,(H,13,15). The molecule has 2 aliphatic heterocycles. The third kappa shape index (κ3) is 3.19. The van der Waals surface area contributed by atoms with Crippen molar-refractivity contribution in [3.05, 3.63) is 0 Å². The van der Waals surface area contributed by atoms with Crippen LogP contribution in [0.3, 0.4) is 0 Å². The zero-order valence-corrected chi connectivity index (χ0v) is 10.00. The predicted octanol–water partition coefficient (Wildman–Crippen LogP) is 0.812. The summed E-state index contributed by atoms with van der Waals surface area (Å²) in [5, 5.41) is 6.45. The minimum atomic E-state index is 0.176. The van der Waals surface area contributed by atoms with Gasteiger partial charge in [-0.2, -0.15) is 0 Å². The van der Waals surface area contributed by atoms with Crippen LogP contribution in [0.25, 0.3) is 0 Å². The maximum atomic E-state index is 11.4. The largest absolute Gasteiger partial charge is 0.377 e. The molecule has 3 unspecified atom stereocenters. The highest BCUT2D eigenvalue weighted by Crippen LogP contribution is 2.17. The van der Waals surface area contributed by atoms with Crippen molar-refractivity contribution in [1.29, 1.82) is 0 Å². The second-order valence-corrected chi connectivity index (χ2v) is 4.90. The fourth-order valence-electron chi connectivity index (χ4n) is 2.59. The van der Waals surface area contributed by atoms with Gasteiger partial charge < -0.3 is 15.4 Å². The number of amides is 1. The zero-order chi connectivity index (χ0) is 11.4. The van der Waals surface area contributed by atoms with Gasteiger partial charge in [-0.15, -0.1) is 0 Å². The van der Waals surface area contributed by atoms with Gasteiger partial charge in [0.25, 0.3) is 0 Å². The van der Waals surface area contributed by atoms with Crippen LogP contribution in [-0.4, -0.2) is 37.2 Å². The topological polar surface area (TPSA) is 50.4 Å². The Hall–Kier alpha value is -0.610.